The lowest BCUT2D eigenvalue weighted by Gasteiger charge is -2.10. The third-order valence-electron chi connectivity index (χ3n) is 4.57. The van der Waals surface area contributed by atoms with Gasteiger partial charge in [-0.25, -0.2) is 0 Å². The second kappa shape index (κ2) is 7.43. The van der Waals surface area contributed by atoms with E-state index >= 15 is 0 Å². The summed E-state index contributed by atoms with van der Waals surface area (Å²) < 4.78 is 12.3. The van der Waals surface area contributed by atoms with Crippen LogP contribution >= 0.6 is 0 Å². The summed E-state index contributed by atoms with van der Waals surface area (Å²) in [5.74, 6) is 0.533. The van der Waals surface area contributed by atoms with Crippen LogP contribution in [-0.2, 0) is 28.9 Å². The fraction of sp³-hybridized carbons (Fsp3) is 0.286. The van der Waals surface area contributed by atoms with Crippen molar-refractivity contribution in [2.24, 2.45) is 0 Å². The molecule has 0 radical (unpaired) electrons. The highest BCUT2D eigenvalue weighted by Crippen LogP contribution is 2.31. The van der Waals surface area contributed by atoms with Gasteiger partial charge in [0.05, 0.1) is 19.7 Å². The first kappa shape index (κ1) is 17.1. The zero-order valence-electron chi connectivity index (χ0n) is 14.9. The largest absolute Gasteiger partial charge is 0.497 e. The molecule has 3 rings (SSSR count). The Bertz CT molecular complexity index is 881. The molecule has 4 heteroatoms. The summed E-state index contributed by atoms with van der Waals surface area (Å²) in [6.07, 6.45) is 1.68. The minimum absolute atomic E-state index is 0.206. The molecule has 0 atom stereocenters. The average molecular weight is 337 g/mol. The molecule has 130 valence electrons. The maximum atomic E-state index is 11.9. The van der Waals surface area contributed by atoms with Crippen LogP contribution in [0.3, 0.4) is 0 Å². The van der Waals surface area contributed by atoms with Crippen LogP contribution in [-0.4, -0.2) is 24.8 Å². The SMILES string of the molecule is CCc1c(Cc2ccccc2)c2ccc(OC)cc2n1CC(=O)OC. The predicted octanol–water partition coefficient (Wildman–Crippen LogP) is 3.98. The number of esters is 1. The summed E-state index contributed by atoms with van der Waals surface area (Å²) in [5, 5.41) is 1.16. The van der Waals surface area contributed by atoms with E-state index in [1.165, 1.54) is 18.2 Å². The van der Waals surface area contributed by atoms with E-state index in [1.54, 1.807) is 7.11 Å². The fourth-order valence-corrected chi connectivity index (χ4v) is 3.36. The Labute approximate surface area is 148 Å². The molecular weight excluding hydrogens is 314 g/mol. The Balaban J connectivity index is 2.18. The Morgan fingerprint density at radius 3 is 2.48 bits per heavy atom. The first-order valence-electron chi connectivity index (χ1n) is 8.46. The third-order valence-corrected chi connectivity index (χ3v) is 4.57. The summed E-state index contributed by atoms with van der Waals surface area (Å²) >= 11 is 0. The van der Waals surface area contributed by atoms with Gasteiger partial charge in [-0.15, -0.1) is 0 Å². The summed E-state index contributed by atoms with van der Waals surface area (Å²) in [4.78, 5) is 11.9. The second-order valence-electron chi connectivity index (χ2n) is 5.99. The van der Waals surface area contributed by atoms with Crippen molar-refractivity contribution in [2.45, 2.75) is 26.3 Å². The zero-order chi connectivity index (χ0) is 17.8. The number of carbonyl (C=O) groups excluding carboxylic acids is 1. The van der Waals surface area contributed by atoms with Gasteiger partial charge in [-0.2, -0.15) is 0 Å². The molecule has 0 N–H and O–H groups in total. The lowest BCUT2D eigenvalue weighted by molar-refractivity contribution is -0.141. The van der Waals surface area contributed by atoms with Gasteiger partial charge in [0.2, 0.25) is 0 Å². The van der Waals surface area contributed by atoms with Crippen molar-refractivity contribution in [1.29, 1.82) is 0 Å². The maximum absolute atomic E-state index is 11.9. The first-order chi connectivity index (χ1) is 12.2. The molecule has 25 heavy (non-hydrogen) atoms. The number of hydrogen-bond donors (Lipinski definition) is 0. The highest BCUT2D eigenvalue weighted by molar-refractivity contribution is 5.88. The van der Waals surface area contributed by atoms with Crippen LogP contribution in [0, 0.1) is 0 Å². The van der Waals surface area contributed by atoms with E-state index in [1.807, 2.05) is 18.2 Å². The van der Waals surface area contributed by atoms with E-state index in [9.17, 15) is 4.79 Å². The summed E-state index contributed by atoms with van der Waals surface area (Å²) in [5.41, 5.74) is 4.69. The molecule has 0 saturated heterocycles. The van der Waals surface area contributed by atoms with Crippen LogP contribution in [0.4, 0.5) is 0 Å². The van der Waals surface area contributed by atoms with Crippen molar-refractivity contribution in [3.8, 4) is 5.75 Å². The predicted molar refractivity (Wildman–Crippen MR) is 99.1 cm³/mol. The molecule has 0 fully saturated rings. The van der Waals surface area contributed by atoms with Crippen LogP contribution in [0.15, 0.2) is 48.5 Å². The van der Waals surface area contributed by atoms with Crippen LogP contribution in [0.5, 0.6) is 5.75 Å². The monoisotopic (exact) mass is 337 g/mol. The van der Waals surface area contributed by atoms with Crippen molar-refractivity contribution in [1.82, 2.24) is 4.57 Å². The van der Waals surface area contributed by atoms with E-state index in [0.717, 1.165) is 35.2 Å². The topological polar surface area (TPSA) is 40.5 Å². The highest BCUT2D eigenvalue weighted by Gasteiger charge is 2.19. The van der Waals surface area contributed by atoms with Crippen LogP contribution in [0.2, 0.25) is 0 Å². The quantitative estimate of drug-likeness (QED) is 0.639. The van der Waals surface area contributed by atoms with Crippen molar-refractivity contribution in [3.63, 3.8) is 0 Å². The first-order valence-corrected chi connectivity index (χ1v) is 8.46. The molecule has 0 bridgehead atoms. The lowest BCUT2D eigenvalue weighted by atomic mass is 10.0. The molecule has 0 aliphatic rings. The van der Waals surface area contributed by atoms with Gasteiger partial charge in [-0.1, -0.05) is 37.3 Å². The summed E-state index contributed by atoms with van der Waals surface area (Å²) in [7, 11) is 3.07. The lowest BCUT2D eigenvalue weighted by Crippen LogP contribution is -2.14. The number of ether oxygens (including phenoxy) is 2. The minimum atomic E-state index is -0.249. The van der Waals surface area contributed by atoms with Crippen LogP contribution in [0.25, 0.3) is 10.9 Å². The number of carbonyl (C=O) groups is 1. The Morgan fingerprint density at radius 1 is 1.08 bits per heavy atom. The van der Waals surface area contributed by atoms with Gasteiger partial charge in [-0.3, -0.25) is 4.79 Å². The maximum Gasteiger partial charge on any atom is 0.325 e. The molecule has 4 nitrogen and oxygen atoms in total. The number of nitrogens with zero attached hydrogens (tertiary/aromatic N) is 1. The molecule has 1 aromatic heterocycles. The molecule has 1 heterocycles. The van der Waals surface area contributed by atoms with Crippen LogP contribution < -0.4 is 4.74 Å². The molecule has 0 amide bonds. The van der Waals surface area contributed by atoms with E-state index in [4.69, 9.17) is 9.47 Å². The normalized spacial score (nSPS) is 10.8. The van der Waals surface area contributed by atoms with E-state index < -0.39 is 0 Å². The molecule has 0 unspecified atom stereocenters. The van der Waals surface area contributed by atoms with Gasteiger partial charge in [0.25, 0.3) is 0 Å². The van der Waals surface area contributed by atoms with Gasteiger partial charge >= 0.3 is 5.97 Å². The Morgan fingerprint density at radius 2 is 1.84 bits per heavy atom. The smallest absolute Gasteiger partial charge is 0.325 e. The number of aromatic nitrogens is 1. The van der Waals surface area contributed by atoms with Gasteiger partial charge in [-0.05, 0) is 36.1 Å². The standard InChI is InChI=1S/C21H23NO3/c1-4-19-18(12-15-8-6-5-7-9-15)17-11-10-16(24-2)13-20(17)22(19)14-21(23)25-3/h5-11,13H,4,12,14H2,1-3H3. The number of fused-ring (bicyclic) bond motifs is 1. The van der Waals surface area contributed by atoms with E-state index in [2.05, 4.69) is 41.8 Å². The number of hydrogen-bond acceptors (Lipinski definition) is 3. The van der Waals surface area contributed by atoms with Gasteiger partial charge in [0.15, 0.2) is 0 Å². The van der Waals surface area contributed by atoms with Gasteiger partial charge in [0, 0.05) is 17.1 Å². The molecule has 0 aliphatic carbocycles. The third kappa shape index (κ3) is 3.38. The van der Waals surface area contributed by atoms with E-state index in [-0.39, 0.29) is 12.5 Å². The summed E-state index contributed by atoms with van der Waals surface area (Å²) in [6.45, 7) is 2.33. The Hall–Kier alpha value is -2.75. The fourth-order valence-electron chi connectivity index (χ4n) is 3.36. The average Bonchev–Trinajstić information content (AvgIpc) is 2.94. The molecule has 3 aromatic rings. The molecular formula is C21H23NO3. The van der Waals surface area contributed by atoms with E-state index in [0.29, 0.717) is 0 Å². The van der Waals surface area contributed by atoms with Crippen LogP contribution in [0.1, 0.15) is 23.7 Å². The molecule has 0 spiro atoms. The van der Waals surface area contributed by atoms with Crippen molar-refractivity contribution in [2.75, 3.05) is 14.2 Å². The molecule has 0 aliphatic heterocycles. The highest BCUT2D eigenvalue weighted by atomic mass is 16.5. The van der Waals surface area contributed by atoms with Gasteiger partial charge in [0.1, 0.15) is 12.3 Å². The number of benzene rings is 2. The van der Waals surface area contributed by atoms with Crippen molar-refractivity contribution < 1.29 is 14.3 Å². The molecule has 0 saturated carbocycles. The zero-order valence-corrected chi connectivity index (χ0v) is 14.9. The summed E-state index contributed by atoms with van der Waals surface area (Å²) in [6, 6.07) is 16.4. The Kier molecular flexibility index (Phi) is 5.08. The van der Waals surface area contributed by atoms with Gasteiger partial charge < -0.3 is 14.0 Å². The number of methoxy groups -OCH3 is 2. The molecule has 2 aromatic carbocycles. The minimum Gasteiger partial charge on any atom is -0.497 e. The van der Waals surface area contributed by atoms with Crippen molar-refractivity contribution >= 4 is 16.9 Å². The number of rotatable bonds is 6. The van der Waals surface area contributed by atoms with Crippen molar-refractivity contribution in [3.05, 3.63) is 65.4 Å². The second-order valence-corrected chi connectivity index (χ2v) is 5.99.